The molecule has 0 aromatic heterocycles. The third-order valence-corrected chi connectivity index (χ3v) is 5.12. The van der Waals surface area contributed by atoms with E-state index in [0.29, 0.717) is 22.7 Å². The molecule has 0 atom stereocenters. The van der Waals surface area contributed by atoms with Gasteiger partial charge in [0, 0.05) is 22.7 Å². The summed E-state index contributed by atoms with van der Waals surface area (Å²) in [6, 6.07) is 0. The normalized spacial score (nSPS) is 9.80. The van der Waals surface area contributed by atoms with E-state index in [2.05, 4.69) is 23.8 Å². The van der Waals surface area contributed by atoms with Crippen molar-refractivity contribution >= 4 is 45.7 Å². The van der Waals surface area contributed by atoms with Crippen LogP contribution in [0.4, 0.5) is 9.59 Å². The zero-order chi connectivity index (χ0) is 22.8. The highest BCUT2D eigenvalue weighted by atomic mass is 33.1. The first-order chi connectivity index (χ1) is 14.2. The molecule has 0 bridgehead atoms. The Morgan fingerprint density at radius 1 is 0.667 bits per heavy atom. The Morgan fingerprint density at radius 2 is 1.03 bits per heavy atom. The van der Waals surface area contributed by atoms with Crippen molar-refractivity contribution in [3.05, 3.63) is 24.3 Å². The average Bonchev–Trinajstić information content (AvgIpc) is 2.69. The summed E-state index contributed by atoms with van der Waals surface area (Å²) in [6.07, 6.45) is -1.19. The monoisotopic (exact) mass is 464 g/mol. The van der Waals surface area contributed by atoms with Crippen LogP contribution in [0.2, 0.25) is 0 Å². The number of alkyl carbamates (subject to hydrolysis) is 2. The standard InChI is InChI=1S/C18H28N2O8S2/c1-13(2)15(21)25-7-5-19-17(23)27-9-11-29-30-12-10-28-18(24)20-6-8-26-16(22)14(3)4/h1,3,5-12H2,2,4H3,(H,19,23)(H,20,24). The summed E-state index contributed by atoms with van der Waals surface area (Å²) in [5.74, 6) is 0.0970. The first-order valence-electron chi connectivity index (χ1n) is 8.95. The van der Waals surface area contributed by atoms with Gasteiger partial charge in [-0.1, -0.05) is 34.7 Å². The number of nitrogens with one attached hydrogen (secondary N) is 2. The molecule has 0 aromatic rings. The van der Waals surface area contributed by atoms with Crippen LogP contribution in [-0.4, -0.2) is 75.1 Å². The quantitative estimate of drug-likeness (QED) is 0.122. The molecule has 0 rings (SSSR count). The van der Waals surface area contributed by atoms with Gasteiger partial charge in [-0.15, -0.1) is 0 Å². The highest BCUT2D eigenvalue weighted by Gasteiger charge is 2.06. The van der Waals surface area contributed by atoms with E-state index in [4.69, 9.17) is 18.9 Å². The Kier molecular flexibility index (Phi) is 16.1. The van der Waals surface area contributed by atoms with E-state index < -0.39 is 24.1 Å². The van der Waals surface area contributed by atoms with Gasteiger partial charge in [0.25, 0.3) is 0 Å². The molecule has 0 radical (unpaired) electrons. The summed E-state index contributed by atoms with van der Waals surface area (Å²) >= 11 is 0. The molecule has 0 saturated heterocycles. The van der Waals surface area contributed by atoms with Gasteiger partial charge in [0.1, 0.15) is 26.4 Å². The lowest BCUT2D eigenvalue weighted by atomic mass is 10.4. The van der Waals surface area contributed by atoms with Gasteiger partial charge in [0.2, 0.25) is 0 Å². The molecule has 12 heteroatoms. The van der Waals surface area contributed by atoms with Crippen molar-refractivity contribution in [2.24, 2.45) is 0 Å². The number of carbonyl (C=O) groups excluding carboxylic acids is 4. The van der Waals surface area contributed by atoms with Crippen LogP contribution in [-0.2, 0) is 28.5 Å². The molecule has 170 valence electrons. The number of hydrogen-bond donors (Lipinski definition) is 2. The minimum absolute atomic E-state index is 0.0403. The molecular weight excluding hydrogens is 436 g/mol. The van der Waals surface area contributed by atoms with E-state index in [0.717, 1.165) is 0 Å². The summed E-state index contributed by atoms with van der Waals surface area (Å²) in [5, 5.41) is 4.91. The van der Waals surface area contributed by atoms with Crippen molar-refractivity contribution in [1.29, 1.82) is 0 Å². The van der Waals surface area contributed by atoms with Gasteiger partial charge in [-0.05, 0) is 13.8 Å². The highest BCUT2D eigenvalue weighted by molar-refractivity contribution is 8.76. The Labute approximate surface area is 183 Å². The summed E-state index contributed by atoms with van der Waals surface area (Å²) in [5.41, 5.74) is 0.583. The van der Waals surface area contributed by atoms with Crippen LogP contribution in [0.15, 0.2) is 24.3 Å². The Hall–Kier alpha value is -2.34. The second kappa shape index (κ2) is 17.5. The minimum atomic E-state index is -0.596. The van der Waals surface area contributed by atoms with Crippen molar-refractivity contribution in [1.82, 2.24) is 10.6 Å². The first-order valence-corrected chi connectivity index (χ1v) is 11.4. The third-order valence-electron chi connectivity index (χ3n) is 2.79. The lowest BCUT2D eigenvalue weighted by Gasteiger charge is -2.08. The molecule has 0 aromatic carbocycles. The van der Waals surface area contributed by atoms with Crippen LogP contribution in [0.3, 0.4) is 0 Å². The smallest absolute Gasteiger partial charge is 0.407 e. The number of ether oxygens (including phenoxy) is 4. The van der Waals surface area contributed by atoms with Crippen LogP contribution in [0.25, 0.3) is 0 Å². The van der Waals surface area contributed by atoms with E-state index in [-0.39, 0.29) is 39.5 Å². The number of rotatable bonds is 15. The van der Waals surface area contributed by atoms with E-state index >= 15 is 0 Å². The molecule has 2 amide bonds. The van der Waals surface area contributed by atoms with Crippen molar-refractivity contribution < 1.29 is 38.1 Å². The van der Waals surface area contributed by atoms with Crippen LogP contribution in [0.1, 0.15) is 13.8 Å². The molecular formula is C18H28N2O8S2. The fraction of sp³-hybridized carbons (Fsp3) is 0.556. The summed E-state index contributed by atoms with van der Waals surface area (Å²) in [4.78, 5) is 45.1. The summed E-state index contributed by atoms with van der Waals surface area (Å²) in [7, 11) is 2.93. The van der Waals surface area contributed by atoms with Crippen LogP contribution in [0, 0.1) is 0 Å². The lowest BCUT2D eigenvalue weighted by molar-refractivity contribution is -0.139. The summed E-state index contributed by atoms with van der Waals surface area (Å²) < 4.78 is 19.5. The molecule has 0 aliphatic rings. The number of hydrogen-bond acceptors (Lipinski definition) is 10. The Morgan fingerprint density at radius 3 is 1.37 bits per heavy atom. The van der Waals surface area contributed by atoms with Crippen molar-refractivity contribution in [3.8, 4) is 0 Å². The maximum absolute atomic E-state index is 11.4. The van der Waals surface area contributed by atoms with E-state index in [1.165, 1.54) is 35.4 Å². The summed E-state index contributed by atoms with van der Waals surface area (Å²) in [6.45, 7) is 10.7. The molecule has 0 saturated carbocycles. The molecule has 0 heterocycles. The van der Waals surface area contributed by atoms with Crippen molar-refractivity contribution in [3.63, 3.8) is 0 Å². The maximum Gasteiger partial charge on any atom is 0.407 e. The van der Waals surface area contributed by atoms with E-state index in [1.807, 2.05) is 0 Å². The van der Waals surface area contributed by atoms with E-state index in [9.17, 15) is 19.2 Å². The Balaban J connectivity index is 3.44. The average molecular weight is 465 g/mol. The van der Waals surface area contributed by atoms with Crippen LogP contribution in [0.5, 0.6) is 0 Å². The van der Waals surface area contributed by atoms with Crippen LogP contribution >= 0.6 is 21.6 Å². The maximum atomic E-state index is 11.4. The molecule has 0 spiro atoms. The molecule has 0 fully saturated rings. The van der Waals surface area contributed by atoms with Crippen molar-refractivity contribution in [2.45, 2.75) is 13.8 Å². The first kappa shape index (κ1) is 27.7. The molecule has 30 heavy (non-hydrogen) atoms. The highest BCUT2D eigenvalue weighted by Crippen LogP contribution is 2.20. The lowest BCUT2D eigenvalue weighted by Crippen LogP contribution is -2.29. The molecule has 0 aliphatic heterocycles. The number of esters is 2. The van der Waals surface area contributed by atoms with Gasteiger partial charge < -0.3 is 29.6 Å². The zero-order valence-corrected chi connectivity index (χ0v) is 18.8. The van der Waals surface area contributed by atoms with Gasteiger partial charge >= 0.3 is 24.1 Å². The van der Waals surface area contributed by atoms with Crippen LogP contribution < -0.4 is 10.6 Å². The topological polar surface area (TPSA) is 129 Å². The van der Waals surface area contributed by atoms with Gasteiger partial charge in [0.15, 0.2) is 0 Å². The second-order valence-corrected chi connectivity index (χ2v) is 8.30. The SMILES string of the molecule is C=C(C)C(=O)OCCNC(=O)OCCSSCCOC(=O)NCCOC(=O)C(=C)C. The van der Waals surface area contributed by atoms with Gasteiger partial charge in [-0.25, -0.2) is 19.2 Å². The molecule has 0 aliphatic carbocycles. The Bertz CT molecular complexity index is 561. The molecule has 0 unspecified atom stereocenters. The molecule has 2 N–H and O–H groups in total. The van der Waals surface area contributed by atoms with Gasteiger partial charge in [-0.3, -0.25) is 0 Å². The fourth-order valence-electron chi connectivity index (χ4n) is 1.40. The van der Waals surface area contributed by atoms with E-state index in [1.54, 1.807) is 0 Å². The molecule has 10 nitrogen and oxygen atoms in total. The predicted octanol–water partition coefficient (Wildman–Crippen LogP) is 2.06. The minimum Gasteiger partial charge on any atom is -0.460 e. The third kappa shape index (κ3) is 16.6. The number of carbonyl (C=O) groups is 4. The zero-order valence-electron chi connectivity index (χ0n) is 17.2. The predicted molar refractivity (Wildman–Crippen MR) is 115 cm³/mol. The second-order valence-electron chi connectivity index (χ2n) is 5.60. The number of amides is 2. The van der Waals surface area contributed by atoms with Gasteiger partial charge in [-0.2, -0.15) is 0 Å². The van der Waals surface area contributed by atoms with Crippen molar-refractivity contribution in [2.75, 3.05) is 51.0 Å². The van der Waals surface area contributed by atoms with Gasteiger partial charge in [0.05, 0.1) is 13.1 Å². The largest absolute Gasteiger partial charge is 0.460 e. The fourth-order valence-corrected chi connectivity index (χ4v) is 3.05.